The predicted molar refractivity (Wildman–Crippen MR) is 131 cm³/mol. The SMILES string of the molecule is Br.C=CC(N)C(C)(C)CCCCCCCCCCCCCCCCCCC. The maximum atomic E-state index is 6.10. The molecule has 0 radical (unpaired) electrons. The van der Waals surface area contributed by atoms with Crippen molar-refractivity contribution in [3.8, 4) is 0 Å². The third-order valence-electron chi connectivity index (χ3n) is 6.08. The Hall–Kier alpha value is 0.180. The zero-order valence-corrected chi connectivity index (χ0v) is 20.8. The highest BCUT2D eigenvalue weighted by molar-refractivity contribution is 8.93. The molecule has 27 heavy (non-hydrogen) atoms. The van der Waals surface area contributed by atoms with Gasteiger partial charge in [-0.25, -0.2) is 0 Å². The molecule has 1 unspecified atom stereocenters. The van der Waals surface area contributed by atoms with Crippen LogP contribution in [0, 0.1) is 5.41 Å². The average Bonchev–Trinajstić information content (AvgIpc) is 2.63. The summed E-state index contributed by atoms with van der Waals surface area (Å²) in [5.41, 5.74) is 6.31. The molecule has 0 aliphatic carbocycles. The summed E-state index contributed by atoms with van der Waals surface area (Å²) in [4.78, 5) is 0. The lowest BCUT2D eigenvalue weighted by Gasteiger charge is -2.29. The second-order valence-corrected chi connectivity index (χ2v) is 9.16. The molecule has 0 bridgehead atoms. The van der Waals surface area contributed by atoms with Crippen LogP contribution < -0.4 is 5.73 Å². The van der Waals surface area contributed by atoms with Gasteiger partial charge >= 0.3 is 0 Å². The van der Waals surface area contributed by atoms with Crippen molar-refractivity contribution >= 4 is 17.0 Å². The van der Waals surface area contributed by atoms with Crippen molar-refractivity contribution < 1.29 is 0 Å². The van der Waals surface area contributed by atoms with Gasteiger partial charge in [0.25, 0.3) is 0 Å². The van der Waals surface area contributed by atoms with E-state index in [4.69, 9.17) is 5.73 Å². The largest absolute Gasteiger partial charge is 0.324 e. The molecule has 0 saturated heterocycles. The Kier molecular flexibility index (Phi) is 22.7. The molecule has 0 aromatic carbocycles. The molecule has 2 N–H and O–H groups in total. The smallest absolute Gasteiger partial charge is 0.0273 e. The van der Waals surface area contributed by atoms with E-state index in [9.17, 15) is 0 Å². The van der Waals surface area contributed by atoms with Crippen LogP contribution in [0.4, 0.5) is 0 Å². The first kappa shape index (κ1) is 29.4. The number of unbranched alkanes of at least 4 members (excludes halogenated alkanes) is 16. The van der Waals surface area contributed by atoms with E-state index in [-0.39, 0.29) is 28.4 Å². The quantitative estimate of drug-likeness (QED) is 0.146. The second-order valence-electron chi connectivity index (χ2n) is 9.16. The van der Waals surface area contributed by atoms with Crippen molar-refractivity contribution in [1.29, 1.82) is 0 Å². The molecule has 164 valence electrons. The molecule has 2 heteroatoms. The molecule has 1 atom stereocenters. The van der Waals surface area contributed by atoms with Crippen LogP contribution >= 0.6 is 17.0 Å². The molecule has 0 heterocycles. The predicted octanol–water partition coefficient (Wildman–Crippen LogP) is 9.15. The number of hydrogen-bond donors (Lipinski definition) is 1. The first-order chi connectivity index (χ1) is 12.5. The molecule has 0 amide bonds. The summed E-state index contributed by atoms with van der Waals surface area (Å²) in [6.45, 7) is 10.7. The van der Waals surface area contributed by atoms with E-state index >= 15 is 0 Å². The minimum Gasteiger partial charge on any atom is -0.324 e. The zero-order chi connectivity index (χ0) is 19.5. The van der Waals surface area contributed by atoms with Gasteiger partial charge in [-0.05, 0) is 11.8 Å². The van der Waals surface area contributed by atoms with E-state index < -0.39 is 0 Å². The summed E-state index contributed by atoms with van der Waals surface area (Å²) in [6.07, 6.45) is 27.5. The van der Waals surface area contributed by atoms with Crippen LogP contribution in [0.2, 0.25) is 0 Å². The first-order valence-corrected chi connectivity index (χ1v) is 11.9. The van der Waals surface area contributed by atoms with Crippen LogP contribution in [-0.4, -0.2) is 6.04 Å². The highest BCUT2D eigenvalue weighted by atomic mass is 79.9. The Morgan fingerprint density at radius 2 is 0.963 bits per heavy atom. The van der Waals surface area contributed by atoms with Crippen LogP contribution in [0.25, 0.3) is 0 Å². The van der Waals surface area contributed by atoms with E-state index in [1.165, 1.54) is 116 Å². The Labute approximate surface area is 183 Å². The Balaban J connectivity index is 0. The highest BCUT2D eigenvalue weighted by Gasteiger charge is 2.23. The Bertz CT molecular complexity index is 301. The van der Waals surface area contributed by atoms with Gasteiger partial charge in [-0.1, -0.05) is 136 Å². The van der Waals surface area contributed by atoms with E-state index in [1.54, 1.807) is 0 Å². The lowest BCUT2D eigenvalue weighted by atomic mass is 9.80. The van der Waals surface area contributed by atoms with Gasteiger partial charge in [-0.15, -0.1) is 23.6 Å². The molecule has 1 nitrogen and oxygen atoms in total. The number of halogens is 1. The molecule has 0 spiro atoms. The van der Waals surface area contributed by atoms with Crippen molar-refractivity contribution in [3.05, 3.63) is 12.7 Å². The summed E-state index contributed by atoms with van der Waals surface area (Å²) in [5.74, 6) is 0. The van der Waals surface area contributed by atoms with Gasteiger partial charge in [0, 0.05) is 6.04 Å². The van der Waals surface area contributed by atoms with Crippen LogP contribution in [0.5, 0.6) is 0 Å². The fourth-order valence-corrected chi connectivity index (χ4v) is 3.79. The van der Waals surface area contributed by atoms with Crippen molar-refractivity contribution in [1.82, 2.24) is 0 Å². The molecular weight excluding hydrogens is 394 g/mol. The molecular formula is C25H52BrN. The highest BCUT2D eigenvalue weighted by Crippen LogP contribution is 2.27. The number of rotatable bonds is 20. The Morgan fingerprint density at radius 1 is 0.667 bits per heavy atom. The summed E-state index contributed by atoms with van der Waals surface area (Å²) < 4.78 is 0. The Morgan fingerprint density at radius 3 is 1.26 bits per heavy atom. The van der Waals surface area contributed by atoms with Crippen molar-refractivity contribution in [2.24, 2.45) is 11.1 Å². The lowest BCUT2D eigenvalue weighted by molar-refractivity contribution is 0.285. The van der Waals surface area contributed by atoms with Gasteiger partial charge in [-0.2, -0.15) is 0 Å². The molecule has 0 rings (SSSR count). The van der Waals surface area contributed by atoms with Gasteiger partial charge in [0.2, 0.25) is 0 Å². The molecule has 0 aromatic heterocycles. The van der Waals surface area contributed by atoms with Crippen molar-refractivity contribution in [3.63, 3.8) is 0 Å². The normalized spacial score (nSPS) is 12.6. The van der Waals surface area contributed by atoms with Crippen LogP contribution in [-0.2, 0) is 0 Å². The molecule has 0 aromatic rings. The van der Waals surface area contributed by atoms with Crippen molar-refractivity contribution in [2.45, 2.75) is 142 Å². The molecule has 0 saturated carbocycles. The third-order valence-corrected chi connectivity index (χ3v) is 6.08. The minimum atomic E-state index is 0. The second kappa shape index (κ2) is 20.9. The summed E-state index contributed by atoms with van der Waals surface area (Å²) in [7, 11) is 0. The first-order valence-electron chi connectivity index (χ1n) is 11.9. The summed E-state index contributed by atoms with van der Waals surface area (Å²) in [5, 5.41) is 0. The third kappa shape index (κ3) is 19.3. The average molecular weight is 447 g/mol. The van der Waals surface area contributed by atoms with Crippen LogP contribution in [0.3, 0.4) is 0 Å². The topological polar surface area (TPSA) is 26.0 Å². The van der Waals surface area contributed by atoms with E-state index in [1.807, 2.05) is 6.08 Å². The maximum absolute atomic E-state index is 6.10. The lowest BCUT2D eigenvalue weighted by Crippen LogP contribution is -2.35. The van der Waals surface area contributed by atoms with Gasteiger partial charge in [-0.3, -0.25) is 0 Å². The van der Waals surface area contributed by atoms with Gasteiger partial charge < -0.3 is 5.73 Å². The summed E-state index contributed by atoms with van der Waals surface area (Å²) in [6, 6.07) is 0.128. The fourth-order valence-electron chi connectivity index (χ4n) is 3.79. The minimum absolute atomic E-state index is 0. The molecule has 0 fully saturated rings. The molecule has 0 aliphatic heterocycles. The number of hydrogen-bond acceptors (Lipinski definition) is 1. The van der Waals surface area contributed by atoms with Crippen LogP contribution in [0.15, 0.2) is 12.7 Å². The monoisotopic (exact) mass is 445 g/mol. The van der Waals surface area contributed by atoms with E-state index in [0.717, 1.165) is 0 Å². The molecule has 0 aliphatic rings. The van der Waals surface area contributed by atoms with Gasteiger partial charge in [0.1, 0.15) is 0 Å². The zero-order valence-electron chi connectivity index (χ0n) is 19.1. The van der Waals surface area contributed by atoms with Crippen molar-refractivity contribution in [2.75, 3.05) is 0 Å². The maximum Gasteiger partial charge on any atom is 0.0273 e. The number of nitrogens with two attached hydrogens (primary N) is 1. The van der Waals surface area contributed by atoms with Gasteiger partial charge in [0.15, 0.2) is 0 Å². The standard InChI is InChI=1S/C25H51N.BrH/c1-5-7-8-9-10-11-12-13-14-15-16-17-18-19-20-21-22-23-25(3,4)24(26)6-2;/h6,24H,2,5,7-23,26H2,1,3-4H3;1H. The van der Waals surface area contributed by atoms with E-state index in [0.29, 0.717) is 0 Å². The summed E-state index contributed by atoms with van der Waals surface area (Å²) >= 11 is 0. The van der Waals surface area contributed by atoms with Gasteiger partial charge in [0.05, 0.1) is 0 Å². The van der Waals surface area contributed by atoms with E-state index in [2.05, 4.69) is 27.4 Å². The fraction of sp³-hybridized carbons (Fsp3) is 0.920. The van der Waals surface area contributed by atoms with Crippen LogP contribution in [0.1, 0.15) is 136 Å².